The van der Waals surface area contributed by atoms with E-state index in [0.29, 0.717) is 12.5 Å². The number of aromatic amines is 1. The van der Waals surface area contributed by atoms with Crippen molar-refractivity contribution in [2.24, 2.45) is 0 Å². The van der Waals surface area contributed by atoms with E-state index < -0.39 is 0 Å². The van der Waals surface area contributed by atoms with Crippen molar-refractivity contribution in [2.45, 2.75) is 44.7 Å². The van der Waals surface area contributed by atoms with Gasteiger partial charge < -0.3 is 9.88 Å². The number of benzene rings is 2. The number of aromatic nitrogens is 4. The molecule has 1 fully saturated rings. The molecule has 2 atom stereocenters. The molecule has 6 heteroatoms. The van der Waals surface area contributed by atoms with E-state index in [2.05, 4.69) is 55.4 Å². The molecule has 30 heavy (non-hydrogen) atoms. The Morgan fingerprint density at radius 3 is 2.80 bits per heavy atom. The summed E-state index contributed by atoms with van der Waals surface area (Å²) in [6, 6.07) is 15.5. The molecule has 6 nitrogen and oxygen atoms in total. The quantitative estimate of drug-likeness (QED) is 0.510. The Kier molecular flexibility index (Phi) is 4.83. The van der Waals surface area contributed by atoms with Gasteiger partial charge in [-0.1, -0.05) is 43.3 Å². The van der Waals surface area contributed by atoms with Crippen molar-refractivity contribution in [1.29, 1.82) is 0 Å². The highest BCUT2D eigenvalue weighted by atomic mass is 16.1. The number of hydrogen-bond acceptors (Lipinski definition) is 3. The first-order valence-electron chi connectivity index (χ1n) is 10.6. The normalized spacial score (nSPS) is 18.7. The zero-order valence-corrected chi connectivity index (χ0v) is 17.0. The molecule has 0 aliphatic heterocycles. The van der Waals surface area contributed by atoms with Gasteiger partial charge in [-0.15, -0.1) is 0 Å². The summed E-state index contributed by atoms with van der Waals surface area (Å²) < 4.78 is 2.27. The lowest BCUT2D eigenvalue weighted by Crippen LogP contribution is -2.32. The topological polar surface area (TPSA) is 75.6 Å². The maximum Gasteiger partial charge on any atom is 0.219 e. The Morgan fingerprint density at radius 1 is 1.13 bits per heavy atom. The second kappa shape index (κ2) is 7.78. The molecule has 2 N–H and O–H groups in total. The van der Waals surface area contributed by atoms with E-state index in [1.165, 1.54) is 11.1 Å². The van der Waals surface area contributed by atoms with Crippen molar-refractivity contribution in [3.63, 3.8) is 0 Å². The summed E-state index contributed by atoms with van der Waals surface area (Å²) in [5, 5.41) is 11.5. The summed E-state index contributed by atoms with van der Waals surface area (Å²) in [6.07, 6.45) is 9.29. The summed E-state index contributed by atoms with van der Waals surface area (Å²) in [5.74, 6) is 0.134. The van der Waals surface area contributed by atoms with Crippen LogP contribution in [0.3, 0.4) is 0 Å². The fraction of sp³-hybridized carbons (Fsp3) is 0.292. The van der Waals surface area contributed by atoms with Crippen molar-refractivity contribution in [3.05, 3.63) is 61.2 Å². The second-order valence-corrected chi connectivity index (χ2v) is 7.99. The predicted molar refractivity (Wildman–Crippen MR) is 118 cm³/mol. The number of carbonyl (C=O) groups is 1. The number of fused-ring (bicyclic) bond motifs is 1. The maximum atomic E-state index is 11.7. The minimum atomic E-state index is 0.134. The summed E-state index contributed by atoms with van der Waals surface area (Å²) in [7, 11) is 0. The summed E-state index contributed by atoms with van der Waals surface area (Å²) >= 11 is 0. The first-order chi connectivity index (χ1) is 14.7. The van der Waals surface area contributed by atoms with Crippen LogP contribution in [0.4, 0.5) is 0 Å². The van der Waals surface area contributed by atoms with Crippen LogP contribution in [0.5, 0.6) is 0 Å². The lowest BCUT2D eigenvalue weighted by molar-refractivity contribution is -0.121. The van der Waals surface area contributed by atoms with E-state index in [1.807, 2.05) is 37.8 Å². The third kappa shape index (κ3) is 3.38. The highest BCUT2D eigenvalue weighted by molar-refractivity contribution is 5.94. The Morgan fingerprint density at radius 2 is 1.97 bits per heavy atom. The van der Waals surface area contributed by atoms with Crippen LogP contribution >= 0.6 is 0 Å². The fourth-order valence-electron chi connectivity index (χ4n) is 4.53. The molecule has 1 unspecified atom stereocenters. The Hall–Kier alpha value is -3.41. The molecule has 2 aromatic heterocycles. The van der Waals surface area contributed by atoms with Gasteiger partial charge in [0.25, 0.3) is 0 Å². The number of nitrogens with zero attached hydrogens (tertiary/aromatic N) is 3. The van der Waals surface area contributed by atoms with Gasteiger partial charge in [0.2, 0.25) is 5.91 Å². The van der Waals surface area contributed by atoms with E-state index in [9.17, 15) is 4.79 Å². The molecule has 1 aliphatic rings. The molecular weight excluding hydrogens is 374 g/mol. The number of imidazole rings is 1. The lowest BCUT2D eigenvalue weighted by Gasteiger charge is -2.17. The Labute approximate surface area is 175 Å². The van der Waals surface area contributed by atoms with Crippen LogP contribution in [0, 0.1) is 0 Å². The van der Waals surface area contributed by atoms with Crippen molar-refractivity contribution < 1.29 is 4.79 Å². The number of H-pyrrole nitrogens is 1. The van der Waals surface area contributed by atoms with Crippen LogP contribution in [-0.2, 0) is 4.79 Å². The van der Waals surface area contributed by atoms with Gasteiger partial charge in [0.15, 0.2) is 0 Å². The molecule has 2 heterocycles. The van der Waals surface area contributed by atoms with Crippen LogP contribution in [0.1, 0.15) is 38.6 Å². The average molecular weight is 399 g/mol. The maximum absolute atomic E-state index is 11.7. The van der Waals surface area contributed by atoms with Crippen molar-refractivity contribution in [3.8, 4) is 22.4 Å². The van der Waals surface area contributed by atoms with Gasteiger partial charge in [0, 0.05) is 23.9 Å². The minimum Gasteiger partial charge on any atom is -0.353 e. The van der Waals surface area contributed by atoms with E-state index in [0.717, 1.165) is 41.4 Å². The van der Waals surface area contributed by atoms with E-state index in [4.69, 9.17) is 0 Å². The summed E-state index contributed by atoms with van der Waals surface area (Å²) in [5.41, 5.74) is 5.65. The molecule has 152 valence electrons. The van der Waals surface area contributed by atoms with Gasteiger partial charge in [0.1, 0.15) is 0 Å². The molecule has 1 amide bonds. The minimum absolute atomic E-state index is 0.134. The van der Waals surface area contributed by atoms with E-state index in [-0.39, 0.29) is 11.9 Å². The molecule has 1 aliphatic carbocycles. The first-order valence-corrected chi connectivity index (χ1v) is 10.6. The molecule has 1 saturated carbocycles. The van der Waals surface area contributed by atoms with Crippen LogP contribution < -0.4 is 5.32 Å². The molecule has 5 rings (SSSR count). The smallest absolute Gasteiger partial charge is 0.219 e. The monoisotopic (exact) mass is 399 g/mol. The third-order valence-electron chi connectivity index (χ3n) is 6.13. The molecule has 0 spiro atoms. The van der Waals surface area contributed by atoms with E-state index >= 15 is 0 Å². The number of hydrogen-bond donors (Lipinski definition) is 2. The number of rotatable bonds is 5. The molecule has 2 aromatic carbocycles. The fourth-order valence-corrected chi connectivity index (χ4v) is 4.53. The van der Waals surface area contributed by atoms with Gasteiger partial charge >= 0.3 is 0 Å². The Balaban J connectivity index is 1.38. The summed E-state index contributed by atoms with van der Waals surface area (Å²) in [4.78, 5) is 16.1. The molecule has 4 aromatic rings. The first kappa shape index (κ1) is 18.6. The van der Waals surface area contributed by atoms with Gasteiger partial charge in [-0.05, 0) is 42.0 Å². The van der Waals surface area contributed by atoms with Crippen LogP contribution in [0.25, 0.3) is 33.3 Å². The highest BCUT2D eigenvalue weighted by Crippen LogP contribution is 2.35. The van der Waals surface area contributed by atoms with Crippen LogP contribution in [-0.4, -0.2) is 31.7 Å². The van der Waals surface area contributed by atoms with E-state index in [1.54, 1.807) is 0 Å². The molecular formula is C24H25N5O. The van der Waals surface area contributed by atoms with Crippen molar-refractivity contribution in [2.75, 3.05) is 0 Å². The average Bonchev–Trinajstić information content (AvgIpc) is 3.53. The van der Waals surface area contributed by atoms with Crippen molar-refractivity contribution in [1.82, 2.24) is 25.1 Å². The number of carbonyl (C=O) groups excluding carboxylic acids is 1. The highest BCUT2D eigenvalue weighted by Gasteiger charge is 2.28. The van der Waals surface area contributed by atoms with Crippen LogP contribution in [0.15, 0.2) is 61.2 Å². The largest absolute Gasteiger partial charge is 0.353 e. The molecule has 0 radical (unpaired) electrons. The second-order valence-electron chi connectivity index (χ2n) is 7.99. The third-order valence-corrected chi connectivity index (χ3v) is 6.13. The zero-order valence-electron chi connectivity index (χ0n) is 17.0. The van der Waals surface area contributed by atoms with Crippen molar-refractivity contribution >= 4 is 16.8 Å². The predicted octanol–water partition coefficient (Wildman–Crippen LogP) is 4.71. The van der Waals surface area contributed by atoms with Gasteiger partial charge in [0.05, 0.1) is 29.9 Å². The van der Waals surface area contributed by atoms with Gasteiger partial charge in [-0.25, -0.2) is 4.98 Å². The standard InChI is InChI=1S/C24H25N5O/c1-2-24(30)27-18-10-11-19(12-18)29-15-25-14-23(29)17-8-6-16(7-9-17)20-4-3-5-22-21(20)13-26-28-22/h3-9,13-15,18-19H,2,10-12H2,1H3,(H,26,28)(H,27,30)/t18-,19?/m0/s1. The summed E-state index contributed by atoms with van der Waals surface area (Å²) in [6.45, 7) is 1.90. The SMILES string of the molecule is CCC(=O)N[C@H]1CCC(n2cncc2-c2ccc(-c3cccc4[nH]ncc34)cc2)C1. The lowest BCUT2D eigenvalue weighted by atomic mass is 10.00. The van der Waals surface area contributed by atoms with Gasteiger partial charge in [-0.3, -0.25) is 9.89 Å². The zero-order chi connectivity index (χ0) is 20.5. The number of nitrogens with one attached hydrogen (secondary N) is 2. The number of amides is 1. The molecule has 0 saturated heterocycles. The van der Waals surface area contributed by atoms with Gasteiger partial charge in [-0.2, -0.15) is 5.10 Å². The Bertz CT molecular complexity index is 1170. The molecule has 0 bridgehead atoms. The van der Waals surface area contributed by atoms with Crippen LogP contribution in [0.2, 0.25) is 0 Å².